The van der Waals surface area contributed by atoms with Crippen LogP contribution in [0.5, 0.6) is 0 Å². The summed E-state index contributed by atoms with van der Waals surface area (Å²) in [6.45, 7) is 3.88. The van der Waals surface area contributed by atoms with E-state index in [0.29, 0.717) is 17.2 Å². The summed E-state index contributed by atoms with van der Waals surface area (Å²) in [5.41, 5.74) is 3.41. The highest BCUT2D eigenvalue weighted by atomic mass is 16.1. The van der Waals surface area contributed by atoms with Crippen LogP contribution < -0.4 is 5.32 Å². The molecule has 0 spiro atoms. The van der Waals surface area contributed by atoms with Crippen LogP contribution in [0.15, 0.2) is 66.7 Å². The normalized spacial score (nSPS) is 10.8. The van der Waals surface area contributed by atoms with Crippen molar-refractivity contribution >= 4 is 22.6 Å². The van der Waals surface area contributed by atoms with Gasteiger partial charge in [0.25, 0.3) is 5.91 Å². The van der Waals surface area contributed by atoms with Gasteiger partial charge in [-0.15, -0.1) is 0 Å². The standard InChI is InChI=1S/C21H18N4O/c1-14-7-9-17(10-8-14)21(26)23-20-13-15(2)24-25(20)19-12-11-16-5-3-4-6-18(16)22-19/h3-13H,1-2H3,(H,23,26). The van der Waals surface area contributed by atoms with Gasteiger partial charge >= 0.3 is 0 Å². The molecule has 2 heterocycles. The van der Waals surface area contributed by atoms with Crippen molar-refractivity contribution < 1.29 is 4.79 Å². The van der Waals surface area contributed by atoms with Crippen LogP contribution in [0, 0.1) is 13.8 Å². The van der Waals surface area contributed by atoms with Gasteiger partial charge in [-0.05, 0) is 44.2 Å². The first kappa shape index (κ1) is 16.0. The van der Waals surface area contributed by atoms with E-state index in [4.69, 9.17) is 0 Å². The lowest BCUT2D eigenvalue weighted by Gasteiger charge is -2.09. The number of aryl methyl sites for hydroxylation is 2. The predicted octanol–water partition coefficient (Wildman–Crippen LogP) is 4.29. The van der Waals surface area contributed by atoms with Gasteiger partial charge in [-0.25, -0.2) is 4.98 Å². The number of nitrogens with one attached hydrogen (secondary N) is 1. The zero-order valence-electron chi connectivity index (χ0n) is 14.6. The van der Waals surface area contributed by atoms with Crippen LogP contribution in [0.1, 0.15) is 21.6 Å². The number of benzene rings is 2. The quantitative estimate of drug-likeness (QED) is 0.604. The van der Waals surface area contributed by atoms with Crippen LogP contribution in [0.25, 0.3) is 16.7 Å². The number of fused-ring (bicyclic) bond motifs is 1. The maximum atomic E-state index is 12.6. The van der Waals surface area contributed by atoms with E-state index in [0.717, 1.165) is 22.2 Å². The van der Waals surface area contributed by atoms with Gasteiger partial charge in [0.2, 0.25) is 0 Å². The summed E-state index contributed by atoms with van der Waals surface area (Å²) in [6, 6.07) is 21.1. The number of carbonyl (C=O) groups excluding carboxylic acids is 1. The summed E-state index contributed by atoms with van der Waals surface area (Å²) >= 11 is 0. The van der Waals surface area contributed by atoms with Crippen LogP contribution in [-0.4, -0.2) is 20.7 Å². The zero-order chi connectivity index (χ0) is 18.1. The highest BCUT2D eigenvalue weighted by Crippen LogP contribution is 2.20. The van der Waals surface area contributed by atoms with Crippen molar-refractivity contribution in [2.24, 2.45) is 0 Å². The number of hydrogen-bond donors (Lipinski definition) is 1. The van der Waals surface area contributed by atoms with Gasteiger partial charge in [0.05, 0.1) is 11.2 Å². The largest absolute Gasteiger partial charge is 0.306 e. The lowest BCUT2D eigenvalue weighted by atomic mass is 10.1. The van der Waals surface area contributed by atoms with Gasteiger partial charge in [0.15, 0.2) is 5.82 Å². The molecule has 0 saturated heterocycles. The molecule has 0 fully saturated rings. The van der Waals surface area contributed by atoms with Gasteiger partial charge in [-0.1, -0.05) is 35.9 Å². The number of aromatic nitrogens is 3. The Bertz CT molecular complexity index is 1100. The summed E-state index contributed by atoms with van der Waals surface area (Å²) in [7, 11) is 0. The fraction of sp³-hybridized carbons (Fsp3) is 0.0952. The number of pyridine rings is 1. The molecule has 2 aromatic heterocycles. The molecule has 0 radical (unpaired) electrons. The van der Waals surface area contributed by atoms with Crippen molar-refractivity contribution in [2.75, 3.05) is 5.32 Å². The van der Waals surface area contributed by atoms with E-state index in [-0.39, 0.29) is 5.91 Å². The van der Waals surface area contributed by atoms with Crippen LogP contribution in [0.2, 0.25) is 0 Å². The van der Waals surface area contributed by atoms with Crippen molar-refractivity contribution in [3.05, 3.63) is 83.6 Å². The minimum absolute atomic E-state index is 0.174. The maximum Gasteiger partial charge on any atom is 0.256 e. The smallest absolute Gasteiger partial charge is 0.256 e. The molecule has 0 aliphatic heterocycles. The summed E-state index contributed by atoms with van der Waals surface area (Å²) in [5.74, 6) is 1.08. The van der Waals surface area contributed by atoms with Crippen LogP contribution in [-0.2, 0) is 0 Å². The molecule has 0 aliphatic carbocycles. The number of rotatable bonds is 3. The highest BCUT2D eigenvalue weighted by Gasteiger charge is 2.13. The molecular formula is C21H18N4O. The van der Waals surface area contributed by atoms with Gasteiger partial charge < -0.3 is 5.32 Å². The van der Waals surface area contributed by atoms with Crippen molar-refractivity contribution in [3.8, 4) is 5.82 Å². The van der Waals surface area contributed by atoms with Crippen molar-refractivity contribution in [1.82, 2.24) is 14.8 Å². The molecule has 0 bridgehead atoms. The second kappa shape index (κ2) is 6.44. The number of carbonyl (C=O) groups is 1. The molecular weight excluding hydrogens is 324 g/mol. The third-order valence-electron chi connectivity index (χ3n) is 4.19. The maximum absolute atomic E-state index is 12.6. The third-order valence-corrected chi connectivity index (χ3v) is 4.19. The van der Waals surface area contributed by atoms with E-state index in [1.54, 1.807) is 4.68 Å². The molecule has 2 aromatic carbocycles. The van der Waals surface area contributed by atoms with Crippen LogP contribution in [0.3, 0.4) is 0 Å². The summed E-state index contributed by atoms with van der Waals surface area (Å²) in [4.78, 5) is 17.2. The first-order valence-electron chi connectivity index (χ1n) is 8.41. The SMILES string of the molecule is Cc1ccc(C(=O)Nc2cc(C)nn2-c2ccc3ccccc3n2)cc1. The van der Waals surface area contributed by atoms with E-state index < -0.39 is 0 Å². The van der Waals surface area contributed by atoms with Gasteiger partial charge in [-0.3, -0.25) is 4.79 Å². The first-order chi connectivity index (χ1) is 12.6. The highest BCUT2D eigenvalue weighted by molar-refractivity contribution is 6.04. The third kappa shape index (κ3) is 3.07. The summed E-state index contributed by atoms with van der Waals surface area (Å²) in [6.07, 6.45) is 0. The second-order valence-corrected chi connectivity index (χ2v) is 6.27. The lowest BCUT2D eigenvalue weighted by Crippen LogP contribution is -2.15. The van der Waals surface area contributed by atoms with Crippen LogP contribution in [0.4, 0.5) is 5.82 Å². The Kier molecular flexibility index (Phi) is 3.97. The van der Waals surface area contributed by atoms with Crippen molar-refractivity contribution in [2.45, 2.75) is 13.8 Å². The number of anilines is 1. The Morgan fingerprint density at radius 1 is 0.962 bits per heavy atom. The molecule has 5 heteroatoms. The number of para-hydroxylation sites is 1. The average Bonchev–Trinajstić information content (AvgIpc) is 3.02. The molecule has 1 amide bonds. The minimum atomic E-state index is -0.174. The molecule has 26 heavy (non-hydrogen) atoms. The molecule has 0 aliphatic rings. The van der Waals surface area contributed by atoms with Crippen LogP contribution >= 0.6 is 0 Å². The number of nitrogens with zero attached hydrogens (tertiary/aromatic N) is 3. The Balaban J connectivity index is 1.69. The van der Waals surface area contributed by atoms with Crippen molar-refractivity contribution in [3.63, 3.8) is 0 Å². The molecule has 0 unspecified atom stereocenters. The predicted molar refractivity (Wildman–Crippen MR) is 103 cm³/mol. The minimum Gasteiger partial charge on any atom is -0.306 e. The molecule has 4 aromatic rings. The molecule has 128 valence electrons. The molecule has 1 N–H and O–H groups in total. The average molecular weight is 342 g/mol. The zero-order valence-corrected chi connectivity index (χ0v) is 14.6. The van der Waals surface area contributed by atoms with Gasteiger partial charge in [0.1, 0.15) is 5.82 Å². The van der Waals surface area contributed by atoms with E-state index in [1.807, 2.05) is 80.6 Å². The topological polar surface area (TPSA) is 59.8 Å². The molecule has 4 rings (SSSR count). The van der Waals surface area contributed by atoms with Crippen molar-refractivity contribution in [1.29, 1.82) is 0 Å². The number of amides is 1. The van der Waals surface area contributed by atoms with E-state index in [2.05, 4.69) is 15.4 Å². The first-order valence-corrected chi connectivity index (χ1v) is 8.41. The second-order valence-electron chi connectivity index (χ2n) is 6.27. The Labute approximate surface area is 151 Å². The molecule has 0 saturated carbocycles. The van der Waals surface area contributed by atoms with E-state index in [1.165, 1.54) is 0 Å². The lowest BCUT2D eigenvalue weighted by molar-refractivity contribution is 0.102. The fourth-order valence-corrected chi connectivity index (χ4v) is 2.83. The van der Waals surface area contributed by atoms with Gasteiger partial charge in [0, 0.05) is 17.0 Å². The Morgan fingerprint density at radius 2 is 1.73 bits per heavy atom. The monoisotopic (exact) mass is 342 g/mol. The van der Waals surface area contributed by atoms with Gasteiger partial charge in [-0.2, -0.15) is 9.78 Å². The summed E-state index contributed by atoms with van der Waals surface area (Å²) < 4.78 is 1.66. The molecule has 0 atom stereocenters. The fourth-order valence-electron chi connectivity index (χ4n) is 2.83. The summed E-state index contributed by atoms with van der Waals surface area (Å²) in [5, 5.41) is 8.48. The van der Waals surface area contributed by atoms with E-state index in [9.17, 15) is 4.79 Å². The Morgan fingerprint density at radius 3 is 2.54 bits per heavy atom. The molecule has 5 nitrogen and oxygen atoms in total. The number of hydrogen-bond acceptors (Lipinski definition) is 3. The Hall–Kier alpha value is -3.47. The van der Waals surface area contributed by atoms with E-state index >= 15 is 0 Å².